The molecule has 98 valence electrons. The number of rotatable bonds is 1. The van der Waals surface area contributed by atoms with Crippen molar-refractivity contribution in [3.8, 4) is 0 Å². The first-order valence-electron chi connectivity index (χ1n) is 7.32. The van der Waals surface area contributed by atoms with Gasteiger partial charge in [0.05, 0.1) is 13.4 Å². The Hall–Kier alpha value is -2.02. The Kier molecular flexibility index (Phi) is 1.90. The highest BCUT2D eigenvalue weighted by atomic mass is 16.5. The largest absolute Gasteiger partial charge is 0.504 e. The lowest BCUT2D eigenvalue weighted by Gasteiger charge is -2.30. The van der Waals surface area contributed by atoms with E-state index < -0.39 is 0 Å². The second kappa shape index (κ2) is 3.54. The van der Waals surface area contributed by atoms with Crippen LogP contribution in [0.25, 0.3) is 0 Å². The summed E-state index contributed by atoms with van der Waals surface area (Å²) < 4.78 is 5.40. The maximum Gasteiger partial charge on any atom is 0.0829 e. The minimum atomic E-state index is 0.405. The third kappa shape index (κ3) is 1.10. The molecule has 0 aliphatic heterocycles. The minimum absolute atomic E-state index is 0.405. The maximum absolute atomic E-state index is 5.40. The predicted octanol–water partition coefficient (Wildman–Crippen LogP) is 4.17. The molecule has 0 saturated heterocycles. The number of benzene rings is 2. The topological polar surface area (TPSA) is 9.23 Å². The van der Waals surface area contributed by atoms with Gasteiger partial charge >= 0.3 is 0 Å². The van der Waals surface area contributed by atoms with Crippen molar-refractivity contribution in [2.45, 2.75) is 17.8 Å². The highest BCUT2D eigenvalue weighted by molar-refractivity contribution is 5.65. The molecule has 0 spiro atoms. The van der Waals surface area contributed by atoms with E-state index in [9.17, 15) is 0 Å². The molecular formula is C19H16O. The zero-order valence-corrected chi connectivity index (χ0v) is 11.4. The average molecular weight is 260 g/mol. The van der Waals surface area contributed by atoms with Crippen LogP contribution in [0.4, 0.5) is 0 Å². The van der Waals surface area contributed by atoms with Gasteiger partial charge in [0.2, 0.25) is 0 Å². The van der Waals surface area contributed by atoms with Crippen LogP contribution in [0.3, 0.4) is 0 Å². The van der Waals surface area contributed by atoms with Gasteiger partial charge in [0.15, 0.2) is 0 Å². The van der Waals surface area contributed by atoms with Gasteiger partial charge in [-0.05, 0) is 45.6 Å². The summed E-state index contributed by atoms with van der Waals surface area (Å²) in [6.07, 6.45) is 2.01. The van der Waals surface area contributed by atoms with E-state index in [0.29, 0.717) is 23.7 Å². The van der Waals surface area contributed by atoms with Gasteiger partial charge in [0.1, 0.15) is 0 Å². The first-order chi connectivity index (χ1) is 9.92. The molecule has 1 saturated carbocycles. The lowest BCUT2D eigenvalue weighted by Crippen LogP contribution is -2.17. The van der Waals surface area contributed by atoms with E-state index >= 15 is 0 Å². The Morgan fingerprint density at radius 2 is 1.25 bits per heavy atom. The molecule has 1 heteroatoms. The third-order valence-corrected chi connectivity index (χ3v) is 5.32. The molecule has 0 heterocycles. The van der Waals surface area contributed by atoms with Crippen molar-refractivity contribution in [1.82, 2.24) is 0 Å². The van der Waals surface area contributed by atoms with E-state index in [2.05, 4.69) is 48.5 Å². The molecule has 0 radical (unpaired) electrons. The molecule has 1 fully saturated rings. The van der Waals surface area contributed by atoms with Crippen LogP contribution in [0.1, 0.15) is 40.0 Å². The first-order valence-corrected chi connectivity index (χ1v) is 7.32. The fraction of sp³-hybridized carbons (Fsp3) is 0.263. The van der Waals surface area contributed by atoms with Crippen LogP contribution in [0.5, 0.6) is 0 Å². The lowest BCUT2D eigenvalue weighted by atomic mass is 9.73. The van der Waals surface area contributed by atoms with Crippen LogP contribution < -0.4 is 0 Å². The van der Waals surface area contributed by atoms with Crippen molar-refractivity contribution in [2.24, 2.45) is 5.92 Å². The molecule has 5 rings (SSSR count). The Balaban J connectivity index is 1.86. The maximum atomic E-state index is 5.40. The van der Waals surface area contributed by atoms with Crippen LogP contribution >= 0.6 is 0 Å². The van der Waals surface area contributed by atoms with Crippen molar-refractivity contribution < 1.29 is 4.74 Å². The predicted molar refractivity (Wildman–Crippen MR) is 78.8 cm³/mol. The molecule has 3 aliphatic carbocycles. The first kappa shape index (κ1) is 10.7. The number of hydrogen-bond donors (Lipinski definition) is 0. The summed E-state index contributed by atoms with van der Waals surface area (Å²) in [6, 6.07) is 18.0. The molecular weight excluding hydrogens is 244 g/mol. The zero-order valence-electron chi connectivity index (χ0n) is 11.4. The summed E-state index contributed by atoms with van der Waals surface area (Å²) in [7, 11) is 1.77. The average Bonchev–Trinajstić information content (AvgIpc) is 3.25. The molecule has 2 unspecified atom stereocenters. The van der Waals surface area contributed by atoms with Gasteiger partial charge in [-0.1, -0.05) is 48.5 Å². The van der Waals surface area contributed by atoms with Crippen molar-refractivity contribution >= 4 is 0 Å². The fourth-order valence-electron chi connectivity index (χ4n) is 4.66. The Bertz CT molecular complexity index is 689. The van der Waals surface area contributed by atoms with Crippen LogP contribution in [0.15, 0.2) is 60.4 Å². The summed E-state index contributed by atoms with van der Waals surface area (Å²) >= 11 is 0. The second-order valence-corrected chi connectivity index (χ2v) is 6.12. The van der Waals surface area contributed by atoms with E-state index in [1.165, 1.54) is 16.7 Å². The van der Waals surface area contributed by atoms with Crippen LogP contribution in [-0.2, 0) is 4.74 Å². The molecule has 0 amide bonds. The standard InChI is InChI=1S/C19H16O/c1-20-10-15-16-11-6-2-4-8-13(11)17-18(19(15)17)14-9-5-3-7-12(14)16/h2-10,16-19H,1H3/b15-10-. The lowest BCUT2D eigenvalue weighted by molar-refractivity contribution is 0.328. The van der Waals surface area contributed by atoms with E-state index in [-0.39, 0.29) is 0 Å². The van der Waals surface area contributed by atoms with Crippen molar-refractivity contribution in [3.63, 3.8) is 0 Å². The molecule has 0 N–H and O–H groups in total. The molecule has 20 heavy (non-hydrogen) atoms. The number of hydrogen-bond acceptors (Lipinski definition) is 1. The highest BCUT2D eigenvalue weighted by Gasteiger charge is 2.62. The van der Waals surface area contributed by atoms with Gasteiger partial charge in [0, 0.05) is 5.92 Å². The van der Waals surface area contributed by atoms with Crippen molar-refractivity contribution in [3.05, 3.63) is 82.6 Å². The number of methoxy groups -OCH3 is 1. The van der Waals surface area contributed by atoms with E-state index in [0.717, 1.165) is 0 Å². The molecule has 1 nitrogen and oxygen atoms in total. The minimum Gasteiger partial charge on any atom is -0.504 e. The summed E-state index contributed by atoms with van der Waals surface area (Å²) in [5.74, 6) is 2.42. The van der Waals surface area contributed by atoms with Crippen LogP contribution in [-0.4, -0.2) is 7.11 Å². The number of ether oxygens (including phenoxy) is 1. The Labute approximate surface area is 118 Å². The van der Waals surface area contributed by atoms with E-state index in [4.69, 9.17) is 4.74 Å². The van der Waals surface area contributed by atoms with E-state index in [1.54, 1.807) is 18.2 Å². The third-order valence-electron chi connectivity index (χ3n) is 5.32. The number of fused-ring (bicyclic) bond motifs is 8. The van der Waals surface area contributed by atoms with Gasteiger partial charge in [0.25, 0.3) is 0 Å². The smallest absolute Gasteiger partial charge is 0.0829 e. The van der Waals surface area contributed by atoms with Crippen molar-refractivity contribution in [1.29, 1.82) is 0 Å². The second-order valence-electron chi connectivity index (χ2n) is 6.12. The monoisotopic (exact) mass is 260 g/mol. The molecule has 2 aromatic carbocycles. The Morgan fingerprint density at radius 1 is 0.750 bits per heavy atom. The highest BCUT2D eigenvalue weighted by Crippen LogP contribution is 2.74. The SMILES string of the molecule is CO/C=C1/C2c3ccccc3C3C1C3c1ccccc12. The fourth-order valence-corrected chi connectivity index (χ4v) is 4.66. The summed E-state index contributed by atoms with van der Waals surface area (Å²) in [5.41, 5.74) is 7.60. The Morgan fingerprint density at radius 3 is 1.75 bits per heavy atom. The summed E-state index contributed by atoms with van der Waals surface area (Å²) in [5, 5.41) is 0. The molecule has 2 bridgehead atoms. The molecule has 0 aromatic heterocycles. The van der Waals surface area contributed by atoms with Crippen LogP contribution in [0, 0.1) is 5.92 Å². The van der Waals surface area contributed by atoms with Gasteiger partial charge in [-0.2, -0.15) is 0 Å². The van der Waals surface area contributed by atoms with Gasteiger partial charge in [-0.15, -0.1) is 0 Å². The van der Waals surface area contributed by atoms with Gasteiger partial charge in [-0.25, -0.2) is 0 Å². The van der Waals surface area contributed by atoms with Crippen LogP contribution in [0.2, 0.25) is 0 Å². The van der Waals surface area contributed by atoms with E-state index in [1.807, 2.05) is 6.26 Å². The number of allylic oxidation sites excluding steroid dienone is 1. The molecule has 2 atom stereocenters. The summed E-state index contributed by atoms with van der Waals surface area (Å²) in [6.45, 7) is 0. The van der Waals surface area contributed by atoms with Crippen molar-refractivity contribution in [2.75, 3.05) is 7.11 Å². The van der Waals surface area contributed by atoms with Gasteiger partial charge < -0.3 is 4.74 Å². The molecule has 3 aliphatic rings. The molecule has 2 aromatic rings. The quantitative estimate of drug-likeness (QED) is 0.699. The summed E-state index contributed by atoms with van der Waals surface area (Å²) in [4.78, 5) is 0. The normalized spacial score (nSPS) is 33.4. The zero-order chi connectivity index (χ0) is 13.3. The van der Waals surface area contributed by atoms with Gasteiger partial charge in [-0.3, -0.25) is 0 Å².